The van der Waals surface area contributed by atoms with Gasteiger partial charge in [0.15, 0.2) is 0 Å². The summed E-state index contributed by atoms with van der Waals surface area (Å²) < 4.78 is 0. The maximum atomic E-state index is 10.5. The van der Waals surface area contributed by atoms with Crippen LogP contribution in [-0.4, -0.2) is 15.9 Å². The van der Waals surface area contributed by atoms with Gasteiger partial charge >= 0.3 is 0 Å². The summed E-state index contributed by atoms with van der Waals surface area (Å²) in [6.45, 7) is 1.84. The summed E-state index contributed by atoms with van der Waals surface area (Å²) in [7, 11) is 0. The van der Waals surface area contributed by atoms with E-state index in [4.69, 9.17) is 5.73 Å². The molecule has 86 valence electrons. The number of hydrogen-bond acceptors (Lipinski definition) is 4. The Morgan fingerprint density at radius 3 is 2.88 bits per heavy atom. The molecule has 0 radical (unpaired) electrons. The van der Waals surface area contributed by atoms with Gasteiger partial charge in [0.25, 0.3) is 5.69 Å². The highest BCUT2D eigenvalue weighted by molar-refractivity contribution is 5.33. The molecule has 0 aliphatic heterocycles. The molecule has 0 bridgehead atoms. The van der Waals surface area contributed by atoms with E-state index in [-0.39, 0.29) is 11.7 Å². The molecule has 1 atom stereocenters. The van der Waals surface area contributed by atoms with Crippen molar-refractivity contribution in [1.82, 2.24) is 4.98 Å². The van der Waals surface area contributed by atoms with E-state index in [0.29, 0.717) is 12.3 Å². The number of rotatable bonds is 4. The fraction of sp³-hybridized carbons (Fsp3) is 0.545. The maximum Gasteiger partial charge on any atom is 0.287 e. The third kappa shape index (κ3) is 2.36. The van der Waals surface area contributed by atoms with E-state index in [2.05, 4.69) is 4.98 Å². The smallest absolute Gasteiger partial charge is 0.287 e. The second-order valence-corrected chi connectivity index (χ2v) is 4.42. The fourth-order valence-corrected chi connectivity index (χ4v) is 1.82. The predicted octanol–water partition coefficient (Wildman–Crippen LogP) is 1.58. The molecule has 0 spiro atoms. The van der Waals surface area contributed by atoms with Crippen molar-refractivity contribution in [3.05, 3.63) is 33.6 Å². The molecule has 1 aromatic rings. The molecule has 0 aromatic carbocycles. The van der Waals surface area contributed by atoms with E-state index in [1.165, 1.54) is 19.0 Å². The Morgan fingerprint density at radius 2 is 2.38 bits per heavy atom. The van der Waals surface area contributed by atoms with Crippen LogP contribution in [-0.2, 0) is 6.42 Å². The SMILES string of the molecule is Cc1cc([N+](=O)[O-])cnc1CC(N)C1CC1. The maximum absolute atomic E-state index is 10.5. The Balaban J connectivity index is 2.12. The molecule has 5 nitrogen and oxygen atoms in total. The van der Waals surface area contributed by atoms with Gasteiger partial charge < -0.3 is 5.73 Å². The fourth-order valence-electron chi connectivity index (χ4n) is 1.82. The summed E-state index contributed by atoms with van der Waals surface area (Å²) in [6.07, 6.45) is 4.43. The Labute approximate surface area is 93.8 Å². The second-order valence-electron chi connectivity index (χ2n) is 4.42. The van der Waals surface area contributed by atoms with Crippen LogP contribution in [0.1, 0.15) is 24.1 Å². The van der Waals surface area contributed by atoms with Gasteiger partial charge in [-0.2, -0.15) is 0 Å². The molecule has 16 heavy (non-hydrogen) atoms. The van der Waals surface area contributed by atoms with Crippen molar-refractivity contribution in [2.24, 2.45) is 11.7 Å². The third-order valence-electron chi connectivity index (χ3n) is 3.04. The second kappa shape index (κ2) is 4.17. The Bertz CT molecular complexity index is 416. The molecule has 1 aliphatic carbocycles. The first-order chi connectivity index (χ1) is 7.58. The van der Waals surface area contributed by atoms with E-state index in [0.717, 1.165) is 11.3 Å². The number of aromatic nitrogens is 1. The van der Waals surface area contributed by atoms with Gasteiger partial charge in [-0.3, -0.25) is 15.1 Å². The van der Waals surface area contributed by atoms with Crippen molar-refractivity contribution < 1.29 is 4.92 Å². The number of hydrogen-bond donors (Lipinski definition) is 1. The highest BCUT2D eigenvalue weighted by atomic mass is 16.6. The Hall–Kier alpha value is -1.49. The third-order valence-corrected chi connectivity index (χ3v) is 3.04. The van der Waals surface area contributed by atoms with Gasteiger partial charge in [0.2, 0.25) is 0 Å². The van der Waals surface area contributed by atoms with Crippen molar-refractivity contribution in [1.29, 1.82) is 0 Å². The van der Waals surface area contributed by atoms with Crippen LogP contribution >= 0.6 is 0 Å². The molecule has 1 heterocycles. The minimum atomic E-state index is -0.426. The lowest BCUT2D eigenvalue weighted by atomic mass is 10.0. The quantitative estimate of drug-likeness (QED) is 0.618. The Morgan fingerprint density at radius 1 is 1.69 bits per heavy atom. The molecule has 1 aromatic heterocycles. The molecule has 1 unspecified atom stereocenters. The highest BCUT2D eigenvalue weighted by Gasteiger charge is 2.29. The standard InChI is InChI=1S/C11H15N3O2/c1-7-4-9(14(15)16)6-13-11(7)5-10(12)8-2-3-8/h4,6,8,10H,2-3,5,12H2,1H3. The van der Waals surface area contributed by atoms with E-state index >= 15 is 0 Å². The number of pyridine rings is 1. The van der Waals surface area contributed by atoms with Gasteiger partial charge in [-0.25, -0.2) is 0 Å². The van der Waals surface area contributed by atoms with E-state index < -0.39 is 4.92 Å². The zero-order valence-electron chi connectivity index (χ0n) is 9.22. The summed E-state index contributed by atoms with van der Waals surface area (Å²) in [5.41, 5.74) is 7.78. The number of nitrogens with zero attached hydrogens (tertiary/aromatic N) is 2. The minimum absolute atomic E-state index is 0.0428. The molecule has 2 rings (SSSR count). The molecule has 0 amide bonds. The van der Waals surface area contributed by atoms with Crippen LogP contribution in [0.2, 0.25) is 0 Å². The normalized spacial score (nSPS) is 17.1. The van der Waals surface area contributed by atoms with Crippen molar-refractivity contribution in [2.75, 3.05) is 0 Å². The monoisotopic (exact) mass is 221 g/mol. The molecule has 1 aliphatic rings. The van der Waals surface area contributed by atoms with Gasteiger partial charge in [0, 0.05) is 24.2 Å². The van der Waals surface area contributed by atoms with E-state index in [1.807, 2.05) is 6.92 Å². The average molecular weight is 221 g/mol. The van der Waals surface area contributed by atoms with Crippen LogP contribution in [0, 0.1) is 23.0 Å². The summed E-state index contributed by atoms with van der Waals surface area (Å²) in [5, 5.41) is 10.5. The topological polar surface area (TPSA) is 82.0 Å². The zero-order chi connectivity index (χ0) is 11.7. The molecule has 1 fully saturated rings. The molecule has 1 saturated carbocycles. The van der Waals surface area contributed by atoms with Crippen molar-refractivity contribution in [2.45, 2.75) is 32.2 Å². The summed E-state index contributed by atoms with van der Waals surface area (Å²) >= 11 is 0. The lowest BCUT2D eigenvalue weighted by molar-refractivity contribution is -0.385. The number of nitro groups is 1. The van der Waals surface area contributed by atoms with Crippen LogP contribution in [0.25, 0.3) is 0 Å². The first-order valence-corrected chi connectivity index (χ1v) is 5.43. The van der Waals surface area contributed by atoms with Gasteiger partial charge in [0.05, 0.1) is 4.92 Å². The van der Waals surface area contributed by atoms with Crippen LogP contribution in [0.15, 0.2) is 12.3 Å². The van der Waals surface area contributed by atoms with Crippen molar-refractivity contribution in [3.8, 4) is 0 Å². The summed E-state index contributed by atoms with van der Waals surface area (Å²) in [5.74, 6) is 0.622. The molecular formula is C11H15N3O2. The lowest BCUT2D eigenvalue weighted by Crippen LogP contribution is -2.26. The van der Waals surface area contributed by atoms with Crippen molar-refractivity contribution in [3.63, 3.8) is 0 Å². The zero-order valence-corrected chi connectivity index (χ0v) is 9.22. The summed E-state index contributed by atoms with van der Waals surface area (Å²) in [6, 6.07) is 1.70. The molecule has 2 N–H and O–H groups in total. The first kappa shape index (κ1) is 11.0. The van der Waals surface area contributed by atoms with E-state index in [1.54, 1.807) is 6.07 Å². The Kier molecular flexibility index (Phi) is 2.87. The highest BCUT2D eigenvalue weighted by Crippen LogP contribution is 2.33. The largest absolute Gasteiger partial charge is 0.327 e. The van der Waals surface area contributed by atoms with Crippen molar-refractivity contribution >= 4 is 5.69 Å². The summed E-state index contributed by atoms with van der Waals surface area (Å²) in [4.78, 5) is 14.2. The van der Waals surface area contributed by atoms with E-state index in [9.17, 15) is 10.1 Å². The minimum Gasteiger partial charge on any atom is -0.327 e. The van der Waals surface area contributed by atoms with Gasteiger partial charge in [-0.05, 0) is 31.2 Å². The van der Waals surface area contributed by atoms with Crippen LogP contribution in [0.3, 0.4) is 0 Å². The molecule has 0 saturated heterocycles. The first-order valence-electron chi connectivity index (χ1n) is 5.43. The van der Waals surface area contributed by atoms with Gasteiger partial charge in [-0.1, -0.05) is 0 Å². The van der Waals surface area contributed by atoms with Crippen LogP contribution < -0.4 is 5.73 Å². The molecule has 5 heteroatoms. The predicted molar refractivity (Wildman–Crippen MR) is 60.0 cm³/mol. The van der Waals surface area contributed by atoms with Gasteiger partial charge in [-0.15, -0.1) is 0 Å². The molecular weight excluding hydrogens is 206 g/mol. The average Bonchev–Trinajstić information content (AvgIpc) is 3.03. The lowest BCUT2D eigenvalue weighted by Gasteiger charge is -2.10. The number of nitrogens with two attached hydrogens (primary N) is 1. The number of aryl methyl sites for hydroxylation is 1. The van der Waals surface area contributed by atoms with Gasteiger partial charge in [0.1, 0.15) is 6.20 Å². The van der Waals surface area contributed by atoms with Crippen LogP contribution in [0.5, 0.6) is 0 Å². The van der Waals surface area contributed by atoms with Crippen LogP contribution in [0.4, 0.5) is 5.69 Å².